The topological polar surface area (TPSA) is 50.3 Å². The fourth-order valence-electron chi connectivity index (χ4n) is 4.45. The third kappa shape index (κ3) is 3.48. The van der Waals surface area contributed by atoms with Gasteiger partial charge in [-0.25, -0.2) is 13.5 Å². The van der Waals surface area contributed by atoms with Gasteiger partial charge in [0, 0.05) is 38.1 Å². The minimum absolute atomic E-state index is 0.229. The number of aromatic nitrogens is 2. The summed E-state index contributed by atoms with van der Waals surface area (Å²) in [7, 11) is 0. The number of benzene rings is 3. The molecule has 5 rings (SSSR count). The van der Waals surface area contributed by atoms with E-state index in [0.29, 0.717) is 49.6 Å². The lowest BCUT2D eigenvalue weighted by molar-refractivity contribution is 0.584. The first kappa shape index (κ1) is 20.5. The van der Waals surface area contributed by atoms with Crippen LogP contribution in [0.3, 0.4) is 0 Å². The van der Waals surface area contributed by atoms with E-state index < -0.39 is 0 Å². The van der Waals surface area contributed by atoms with Gasteiger partial charge in [-0.2, -0.15) is 5.10 Å². The van der Waals surface area contributed by atoms with Crippen LogP contribution in [-0.2, 0) is 6.54 Å². The number of nitrogens with zero attached hydrogens (tertiary/aromatic N) is 4. The van der Waals surface area contributed by atoms with Gasteiger partial charge in [0.25, 0.3) is 0 Å². The molecule has 164 valence electrons. The number of anilines is 2. The molecule has 2 N–H and O–H groups in total. The highest BCUT2D eigenvalue weighted by molar-refractivity contribution is 5.87. The van der Waals surface area contributed by atoms with Crippen molar-refractivity contribution in [3.8, 4) is 5.69 Å². The second kappa shape index (κ2) is 8.24. The molecule has 3 aromatic carbocycles. The second-order valence-electron chi connectivity index (χ2n) is 8.09. The average molecular weight is 434 g/mol. The summed E-state index contributed by atoms with van der Waals surface area (Å²) in [5.41, 5.74) is 9.91. The van der Waals surface area contributed by atoms with Crippen LogP contribution in [0.1, 0.15) is 11.3 Å². The summed E-state index contributed by atoms with van der Waals surface area (Å²) < 4.78 is 31.7. The van der Waals surface area contributed by atoms with Crippen molar-refractivity contribution in [2.24, 2.45) is 5.73 Å². The van der Waals surface area contributed by atoms with Gasteiger partial charge in [0.15, 0.2) is 5.82 Å². The molecule has 1 aliphatic rings. The normalized spacial score (nSPS) is 14.4. The predicted octanol–water partition coefficient (Wildman–Crippen LogP) is 4.40. The Balaban J connectivity index is 1.48. The van der Waals surface area contributed by atoms with Gasteiger partial charge in [-0.1, -0.05) is 24.3 Å². The van der Waals surface area contributed by atoms with Crippen LogP contribution in [0.2, 0.25) is 0 Å². The maximum Gasteiger partial charge on any atom is 0.172 e. The molecule has 0 radical (unpaired) electrons. The van der Waals surface area contributed by atoms with Crippen molar-refractivity contribution < 1.29 is 8.78 Å². The summed E-state index contributed by atoms with van der Waals surface area (Å²) in [4.78, 5) is 4.03. The van der Waals surface area contributed by atoms with E-state index in [-0.39, 0.29) is 11.6 Å². The van der Waals surface area contributed by atoms with E-state index in [9.17, 15) is 4.39 Å². The molecule has 4 aromatic rings. The Morgan fingerprint density at radius 2 is 1.59 bits per heavy atom. The van der Waals surface area contributed by atoms with Crippen molar-refractivity contribution >= 4 is 22.3 Å². The Bertz CT molecular complexity index is 1270. The zero-order chi connectivity index (χ0) is 22.2. The quantitative estimate of drug-likeness (QED) is 0.518. The number of hydrogen-bond donors (Lipinski definition) is 1. The third-order valence-corrected chi connectivity index (χ3v) is 6.15. The van der Waals surface area contributed by atoms with Crippen LogP contribution in [0.15, 0.2) is 60.7 Å². The Labute approximate surface area is 185 Å². The maximum absolute atomic E-state index is 15.9. The maximum atomic E-state index is 15.9. The Hall–Kier alpha value is -3.45. The summed E-state index contributed by atoms with van der Waals surface area (Å²) in [6.45, 7) is 4.74. The van der Waals surface area contributed by atoms with E-state index >= 15 is 4.39 Å². The molecular formula is C25H25F2N5. The summed E-state index contributed by atoms with van der Waals surface area (Å²) in [6, 6.07) is 18.2. The SMILES string of the molecule is Cc1nn(-c2cccc(CN)c2)c2c(F)c(N3CCN(c4ccccc4F)CC3)ccc12. The second-order valence-corrected chi connectivity index (χ2v) is 8.09. The van der Waals surface area contributed by atoms with Crippen molar-refractivity contribution in [3.63, 3.8) is 0 Å². The van der Waals surface area contributed by atoms with Crippen LogP contribution in [0.25, 0.3) is 16.6 Å². The zero-order valence-corrected chi connectivity index (χ0v) is 17.9. The molecule has 2 heterocycles. The first-order valence-corrected chi connectivity index (χ1v) is 10.8. The van der Waals surface area contributed by atoms with E-state index in [1.165, 1.54) is 6.07 Å². The standard InChI is InChI=1S/C25H25F2N5/c1-17-20-9-10-23(31-13-11-30(12-14-31)22-8-3-2-7-21(22)26)24(27)25(20)32(29-17)19-6-4-5-18(15-19)16-28/h2-10,15H,11-14,16,28H2,1H3. The predicted molar refractivity (Wildman–Crippen MR) is 124 cm³/mol. The highest BCUT2D eigenvalue weighted by Crippen LogP contribution is 2.32. The van der Waals surface area contributed by atoms with Gasteiger partial charge in [-0.3, -0.25) is 0 Å². The van der Waals surface area contributed by atoms with E-state index in [0.717, 1.165) is 22.3 Å². The molecular weight excluding hydrogens is 408 g/mol. The van der Waals surface area contributed by atoms with Gasteiger partial charge in [0.05, 0.1) is 22.8 Å². The molecule has 1 aromatic heterocycles. The summed E-state index contributed by atoms with van der Waals surface area (Å²) in [5.74, 6) is -0.520. The van der Waals surface area contributed by atoms with E-state index in [2.05, 4.69) is 5.10 Å². The molecule has 0 aliphatic carbocycles. The van der Waals surface area contributed by atoms with Crippen LogP contribution in [-0.4, -0.2) is 36.0 Å². The number of hydrogen-bond acceptors (Lipinski definition) is 4. The molecule has 1 saturated heterocycles. The molecule has 1 fully saturated rings. The zero-order valence-electron chi connectivity index (χ0n) is 17.9. The number of aryl methyl sites for hydroxylation is 1. The van der Waals surface area contributed by atoms with Crippen molar-refractivity contribution in [2.45, 2.75) is 13.5 Å². The number of piperazine rings is 1. The number of para-hydroxylation sites is 1. The monoisotopic (exact) mass is 433 g/mol. The van der Waals surface area contributed by atoms with E-state index in [1.807, 2.05) is 59.2 Å². The van der Waals surface area contributed by atoms with Crippen LogP contribution in [0.5, 0.6) is 0 Å². The number of halogens is 2. The Morgan fingerprint density at radius 1 is 0.875 bits per heavy atom. The molecule has 0 unspecified atom stereocenters. The molecule has 7 heteroatoms. The third-order valence-electron chi connectivity index (χ3n) is 6.15. The molecule has 1 aliphatic heterocycles. The number of rotatable bonds is 4. The number of nitrogens with two attached hydrogens (primary N) is 1. The molecule has 0 saturated carbocycles. The van der Waals surface area contributed by atoms with Gasteiger partial charge >= 0.3 is 0 Å². The van der Waals surface area contributed by atoms with Gasteiger partial charge in [-0.05, 0) is 48.9 Å². The van der Waals surface area contributed by atoms with Crippen molar-refractivity contribution in [1.29, 1.82) is 0 Å². The number of fused-ring (bicyclic) bond motifs is 1. The molecule has 32 heavy (non-hydrogen) atoms. The molecule has 0 atom stereocenters. The average Bonchev–Trinajstić information content (AvgIpc) is 3.17. The smallest absolute Gasteiger partial charge is 0.172 e. The highest BCUT2D eigenvalue weighted by atomic mass is 19.1. The summed E-state index contributed by atoms with van der Waals surface area (Å²) in [5, 5.41) is 5.40. The van der Waals surface area contributed by atoms with Gasteiger partial charge in [-0.15, -0.1) is 0 Å². The lowest BCUT2D eigenvalue weighted by Crippen LogP contribution is -2.47. The van der Waals surface area contributed by atoms with Crippen molar-refractivity contribution in [2.75, 3.05) is 36.0 Å². The fourth-order valence-corrected chi connectivity index (χ4v) is 4.45. The molecule has 5 nitrogen and oxygen atoms in total. The van der Waals surface area contributed by atoms with E-state index in [4.69, 9.17) is 5.73 Å². The minimum Gasteiger partial charge on any atom is -0.366 e. The van der Waals surface area contributed by atoms with Crippen molar-refractivity contribution in [1.82, 2.24) is 9.78 Å². The Morgan fingerprint density at radius 3 is 2.31 bits per heavy atom. The first-order valence-electron chi connectivity index (χ1n) is 10.8. The van der Waals surface area contributed by atoms with Crippen LogP contribution >= 0.6 is 0 Å². The van der Waals surface area contributed by atoms with Crippen LogP contribution in [0, 0.1) is 18.6 Å². The summed E-state index contributed by atoms with van der Waals surface area (Å²) >= 11 is 0. The van der Waals surface area contributed by atoms with Gasteiger partial charge in [0.1, 0.15) is 11.3 Å². The highest BCUT2D eigenvalue weighted by Gasteiger charge is 2.24. The first-order chi connectivity index (χ1) is 15.6. The van der Waals surface area contributed by atoms with E-state index in [1.54, 1.807) is 16.8 Å². The molecule has 0 spiro atoms. The molecule has 0 amide bonds. The fraction of sp³-hybridized carbons (Fsp3) is 0.240. The molecule has 0 bridgehead atoms. The summed E-state index contributed by atoms with van der Waals surface area (Å²) in [6.07, 6.45) is 0. The minimum atomic E-state index is -0.291. The van der Waals surface area contributed by atoms with Gasteiger partial charge in [0.2, 0.25) is 0 Å². The van der Waals surface area contributed by atoms with Crippen molar-refractivity contribution in [3.05, 3.63) is 83.6 Å². The largest absolute Gasteiger partial charge is 0.366 e. The lowest BCUT2D eigenvalue weighted by atomic mass is 10.1. The van der Waals surface area contributed by atoms with Crippen LogP contribution in [0.4, 0.5) is 20.2 Å². The Kier molecular flexibility index (Phi) is 5.27. The lowest BCUT2D eigenvalue weighted by Gasteiger charge is -2.37. The van der Waals surface area contributed by atoms with Crippen LogP contribution < -0.4 is 15.5 Å². The van der Waals surface area contributed by atoms with Gasteiger partial charge < -0.3 is 15.5 Å².